The molecule has 0 radical (unpaired) electrons. The number of ketones is 1. The second kappa shape index (κ2) is 9.41. The van der Waals surface area contributed by atoms with Crippen LogP contribution in [-0.4, -0.2) is 19.0 Å². The van der Waals surface area contributed by atoms with Crippen molar-refractivity contribution in [3.63, 3.8) is 0 Å². The molecule has 1 heterocycles. The molecule has 33 heavy (non-hydrogen) atoms. The van der Waals surface area contributed by atoms with Crippen molar-refractivity contribution < 1.29 is 14.3 Å². The van der Waals surface area contributed by atoms with E-state index in [2.05, 4.69) is 6.07 Å². The second-order valence-electron chi connectivity index (χ2n) is 8.22. The summed E-state index contributed by atoms with van der Waals surface area (Å²) in [4.78, 5) is 15.3. The van der Waals surface area contributed by atoms with E-state index in [1.54, 1.807) is 0 Å². The van der Waals surface area contributed by atoms with Crippen molar-refractivity contribution in [2.24, 2.45) is 5.73 Å². The molecule has 2 aliphatic rings. The molecule has 2 aromatic carbocycles. The molecule has 0 aromatic heterocycles. The van der Waals surface area contributed by atoms with Crippen LogP contribution in [0.3, 0.4) is 0 Å². The fraction of sp³-hybridized carbons (Fsp3) is 0.333. The first-order chi connectivity index (χ1) is 16.0. The summed E-state index contributed by atoms with van der Waals surface area (Å²) in [5, 5.41) is 10.3. The molecule has 2 N–H and O–H groups in total. The minimum atomic E-state index is -0.596. The Labute approximate surface area is 194 Å². The first-order valence-electron chi connectivity index (χ1n) is 11.4. The van der Waals surface area contributed by atoms with Gasteiger partial charge in [-0.05, 0) is 69.5 Å². The molecule has 2 aromatic rings. The highest BCUT2D eigenvalue weighted by Gasteiger charge is 2.41. The molecule has 1 aliphatic heterocycles. The number of hydrogen-bond donors (Lipinski definition) is 1. The SMILES string of the molecule is CCOc1ccc(OCC)c(C2C(C#N)=C(N)N(c3cccc(C)c3)C3=C2C(=O)CCC3)c1. The number of carbonyl (C=O) groups excluding carboxylic acids is 1. The molecule has 0 saturated carbocycles. The third-order valence-electron chi connectivity index (χ3n) is 6.08. The summed E-state index contributed by atoms with van der Waals surface area (Å²) in [7, 11) is 0. The quantitative estimate of drug-likeness (QED) is 0.668. The zero-order valence-corrected chi connectivity index (χ0v) is 19.4. The predicted octanol–water partition coefficient (Wildman–Crippen LogP) is 5.10. The zero-order chi connectivity index (χ0) is 23.5. The lowest BCUT2D eigenvalue weighted by Crippen LogP contribution is -2.38. The van der Waals surface area contributed by atoms with Crippen molar-refractivity contribution in [2.75, 3.05) is 18.1 Å². The monoisotopic (exact) mass is 443 g/mol. The van der Waals surface area contributed by atoms with Crippen LogP contribution in [0.4, 0.5) is 5.69 Å². The Morgan fingerprint density at radius 3 is 2.61 bits per heavy atom. The Morgan fingerprint density at radius 2 is 1.91 bits per heavy atom. The molecule has 1 unspecified atom stereocenters. The Hall–Kier alpha value is -3.72. The van der Waals surface area contributed by atoms with E-state index in [1.165, 1.54) is 0 Å². The van der Waals surface area contributed by atoms with E-state index < -0.39 is 5.92 Å². The van der Waals surface area contributed by atoms with Crippen LogP contribution in [0.15, 0.2) is 65.1 Å². The summed E-state index contributed by atoms with van der Waals surface area (Å²) in [6.07, 6.45) is 1.91. The fourth-order valence-electron chi connectivity index (χ4n) is 4.75. The van der Waals surface area contributed by atoms with Crippen LogP contribution in [0, 0.1) is 18.3 Å². The molecule has 0 saturated heterocycles. The average molecular weight is 444 g/mol. The van der Waals surface area contributed by atoms with Crippen molar-refractivity contribution >= 4 is 11.5 Å². The van der Waals surface area contributed by atoms with Crippen molar-refractivity contribution in [3.05, 3.63) is 76.3 Å². The molecule has 0 spiro atoms. The van der Waals surface area contributed by atoms with Gasteiger partial charge >= 0.3 is 0 Å². The Kier molecular flexibility index (Phi) is 6.41. The van der Waals surface area contributed by atoms with E-state index in [4.69, 9.17) is 15.2 Å². The molecule has 0 bridgehead atoms. The van der Waals surface area contributed by atoms with Gasteiger partial charge in [-0.2, -0.15) is 5.26 Å². The number of hydrogen-bond acceptors (Lipinski definition) is 6. The summed E-state index contributed by atoms with van der Waals surface area (Å²) >= 11 is 0. The van der Waals surface area contributed by atoms with Crippen molar-refractivity contribution in [2.45, 2.75) is 46.0 Å². The summed E-state index contributed by atoms with van der Waals surface area (Å²) in [6.45, 7) is 6.81. The number of Topliss-reactive ketones (excluding diaryl/α,β-unsaturated/α-hetero) is 1. The zero-order valence-electron chi connectivity index (χ0n) is 19.4. The Bertz CT molecular complexity index is 1190. The average Bonchev–Trinajstić information content (AvgIpc) is 2.80. The number of rotatable bonds is 6. The van der Waals surface area contributed by atoms with E-state index in [-0.39, 0.29) is 5.78 Å². The largest absolute Gasteiger partial charge is 0.494 e. The van der Waals surface area contributed by atoms with Crippen molar-refractivity contribution in [1.29, 1.82) is 5.26 Å². The van der Waals surface area contributed by atoms with E-state index in [9.17, 15) is 10.1 Å². The Balaban J connectivity index is 1.98. The predicted molar refractivity (Wildman–Crippen MR) is 128 cm³/mol. The summed E-state index contributed by atoms with van der Waals surface area (Å²) in [5.74, 6) is 1.09. The molecule has 0 fully saturated rings. The van der Waals surface area contributed by atoms with Gasteiger partial charge in [0.25, 0.3) is 0 Å². The smallest absolute Gasteiger partial charge is 0.161 e. The molecular weight excluding hydrogens is 414 g/mol. The highest BCUT2D eigenvalue weighted by Crippen LogP contribution is 2.48. The molecular formula is C27H29N3O3. The lowest BCUT2D eigenvalue weighted by atomic mass is 9.75. The standard InChI is InChI=1S/C27H29N3O3/c1-4-32-19-12-13-24(33-5-2)20(15-19)25-21(16-28)27(29)30(18-9-6-8-17(3)14-18)22-10-7-11-23(31)26(22)25/h6,8-9,12-15,25H,4-5,7,10-11,29H2,1-3H3. The lowest BCUT2D eigenvalue weighted by Gasteiger charge is -2.40. The van der Waals surface area contributed by atoms with Crippen LogP contribution in [-0.2, 0) is 4.79 Å². The maximum atomic E-state index is 13.4. The number of allylic oxidation sites excluding steroid dienone is 3. The van der Waals surface area contributed by atoms with Crippen LogP contribution in [0.2, 0.25) is 0 Å². The number of anilines is 1. The lowest BCUT2D eigenvalue weighted by molar-refractivity contribution is -0.116. The highest BCUT2D eigenvalue weighted by atomic mass is 16.5. The second-order valence-corrected chi connectivity index (χ2v) is 8.22. The molecule has 6 nitrogen and oxygen atoms in total. The number of nitrogens with two attached hydrogens (primary N) is 1. The van der Waals surface area contributed by atoms with Gasteiger partial charge in [-0.25, -0.2) is 0 Å². The minimum Gasteiger partial charge on any atom is -0.494 e. The molecule has 0 amide bonds. The number of carbonyl (C=O) groups is 1. The van der Waals surface area contributed by atoms with Gasteiger partial charge in [0.2, 0.25) is 0 Å². The molecule has 1 aliphatic carbocycles. The topological polar surface area (TPSA) is 88.6 Å². The van der Waals surface area contributed by atoms with E-state index in [1.807, 2.05) is 68.1 Å². The molecule has 4 rings (SSSR count). The molecule has 6 heteroatoms. The number of aryl methyl sites for hydroxylation is 1. The van der Waals surface area contributed by atoms with Gasteiger partial charge in [-0.1, -0.05) is 12.1 Å². The van der Waals surface area contributed by atoms with E-state index in [0.717, 1.165) is 28.9 Å². The summed E-state index contributed by atoms with van der Waals surface area (Å²) < 4.78 is 11.7. The van der Waals surface area contributed by atoms with E-state index in [0.29, 0.717) is 54.5 Å². The van der Waals surface area contributed by atoms with E-state index >= 15 is 0 Å². The highest BCUT2D eigenvalue weighted by molar-refractivity contribution is 6.01. The van der Waals surface area contributed by atoms with Gasteiger partial charge in [0.05, 0.1) is 30.8 Å². The minimum absolute atomic E-state index is 0.0448. The summed E-state index contributed by atoms with van der Waals surface area (Å²) in [6, 6.07) is 15.8. The van der Waals surface area contributed by atoms with Gasteiger partial charge in [0, 0.05) is 28.9 Å². The van der Waals surface area contributed by atoms with Gasteiger partial charge in [-0.3, -0.25) is 9.69 Å². The third-order valence-corrected chi connectivity index (χ3v) is 6.08. The number of benzene rings is 2. The first kappa shape index (κ1) is 22.5. The van der Waals surface area contributed by atoms with Crippen LogP contribution in [0.1, 0.15) is 50.2 Å². The summed E-state index contributed by atoms with van der Waals surface area (Å²) in [5.41, 5.74) is 11.2. The normalized spacial score (nSPS) is 18.2. The van der Waals surface area contributed by atoms with Crippen LogP contribution >= 0.6 is 0 Å². The van der Waals surface area contributed by atoms with Gasteiger partial charge in [-0.15, -0.1) is 0 Å². The van der Waals surface area contributed by atoms with Crippen LogP contribution in [0.25, 0.3) is 0 Å². The third kappa shape index (κ3) is 4.07. The molecule has 1 atom stereocenters. The van der Waals surface area contributed by atoms with Crippen LogP contribution < -0.4 is 20.1 Å². The van der Waals surface area contributed by atoms with Gasteiger partial charge in [0.1, 0.15) is 17.3 Å². The number of nitriles is 1. The maximum absolute atomic E-state index is 13.4. The number of ether oxygens (including phenoxy) is 2. The number of nitrogens with zero attached hydrogens (tertiary/aromatic N) is 2. The molecule has 170 valence electrons. The first-order valence-corrected chi connectivity index (χ1v) is 11.4. The Morgan fingerprint density at radius 1 is 1.12 bits per heavy atom. The van der Waals surface area contributed by atoms with Crippen molar-refractivity contribution in [3.8, 4) is 17.6 Å². The maximum Gasteiger partial charge on any atom is 0.161 e. The van der Waals surface area contributed by atoms with Crippen LogP contribution in [0.5, 0.6) is 11.5 Å². The van der Waals surface area contributed by atoms with Gasteiger partial charge < -0.3 is 15.2 Å². The van der Waals surface area contributed by atoms with Crippen molar-refractivity contribution in [1.82, 2.24) is 0 Å². The van der Waals surface area contributed by atoms with Gasteiger partial charge in [0.15, 0.2) is 5.78 Å². The fourth-order valence-corrected chi connectivity index (χ4v) is 4.75.